The van der Waals surface area contributed by atoms with Gasteiger partial charge in [0.15, 0.2) is 8.32 Å². The Bertz CT molecular complexity index is 709. The molecule has 0 atom stereocenters. The number of rotatable bonds is 9. The van der Waals surface area contributed by atoms with Gasteiger partial charge in [0, 0.05) is 13.0 Å². The van der Waals surface area contributed by atoms with Crippen LogP contribution < -0.4 is 5.76 Å². The monoisotopic (exact) mass is 375 g/mol. The van der Waals surface area contributed by atoms with E-state index in [2.05, 4.69) is 41.5 Å². The van der Waals surface area contributed by atoms with Gasteiger partial charge in [0.1, 0.15) is 5.76 Å². The predicted octanol–water partition coefficient (Wildman–Crippen LogP) is 5.56. The molecule has 0 saturated carbocycles. The van der Waals surface area contributed by atoms with Crippen LogP contribution in [0.5, 0.6) is 0 Å². The lowest BCUT2D eigenvalue weighted by Gasteiger charge is -2.42. The van der Waals surface area contributed by atoms with E-state index >= 15 is 0 Å². The van der Waals surface area contributed by atoms with Gasteiger partial charge < -0.3 is 8.84 Å². The summed E-state index contributed by atoms with van der Waals surface area (Å²) in [7, 11) is -1.82. The Hall–Kier alpha value is -1.59. The van der Waals surface area contributed by atoms with E-state index in [4.69, 9.17) is 8.84 Å². The standard InChI is InChI=1S/C21H33NO3Si/c1-16(2)26(17(3)4,18(5)6)24-14-10-13-20-15-22(21(23)25-20)19-11-8-7-9-12-19/h7-9,11-12,15-18H,10,13-14H2,1-6H3. The predicted molar refractivity (Wildman–Crippen MR) is 110 cm³/mol. The van der Waals surface area contributed by atoms with Crippen molar-refractivity contribution in [2.75, 3.05) is 6.61 Å². The molecule has 0 saturated heterocycles. The van der Waals surface area contributed by atoms with Gasteiger partial charge in [0.25, 0.3) is 0 Å². The molecule has 4 nitrogen and oxygen atoms in total. The maximum Gasteiger partial charge on any atom is 0.423 e. The van der Waals surface area contributed by atoms with Gasteiger partial charge in [0.2, 0.25) is 0 Å². The van der Waals surface area contributed by atoms with Gasteiger partial charge in [0.05, 0.1) is 11.9 Å². The molecule has 0 radical (unpaired) electrons. The molecule has 0 bridgehead atoms. The fraction of sp³-hybridized carbons (Fsp3) is 0.571. The van der Waals surface area contributed by atoms with Crippen LogP contribution in [0, 0.1) is 0 Å². The van der Waals surface area contributed by atoms with Gasteiger partial charge in [-0.2, -0.15) is 0 Å². The first-order valence-corrected chi connectivity index (χ1v) is 11.8. The molecule has 0 aliphatic rings. The first-order valence-electron chi connectivity index (χ1n) is 9.69. The smallest absolute Gasteiger partial charge is 0.416 e. The van der Waals surface area contributed by atoms with Crippen molar-refractivity contribution in [1.29, 1.82) is 0 Å². The van der Waals surface area contributed by atoms with Crippen molar-refractivity contribution in [3.8, 4) is 5.69 Å². The van der Waals surface area contributed by atoms with Crippen LogP contribution in [0.2, 0.25) is 16.6 Å². The Kier molecular flexibility index (Phi) is 7.06. The lowest BCUT2D eigenvalue weighted by Crippen LogP contribution is -2.48. The molecular weight excluding hydrogens is 342 g/mol. The van der Waals surface area contributed by atoms with Crippen LogP contribution in [-0.2, 0) is 10.8 Å². The molecule has 0 N–H and O–H groups in total. The average molecular weight is 376 g/mol. The van der Waals surface area contributed by atoms with Gasteiger partial charge in [-0.3, -0.25) is 0 Å². The fourth-order valence-corrected chi connectivity index (χ4v) is 9.76. The number of hydrogen-bond donors (Lipinski definition) is 0. The summed E-state index contributed by atoms with van der Waals surface area (Å²) in [4.78, 5) is 12.1. The third-order valence-electron chi connectivity index (χ3n) is 5.35. The van der Waals surface area contributed by atoms with Crippen LogP contribution in [0.1, 0.15) is 53.7 Å². The largest absolute Gasteiger partial charge is 0.423 e. The molecule has 1 aromatic heterocycles. The Morgan fingerprint density at radius 2 is 1.58 bits per heavy atom. The molecule has 0 fully saturated rings. The number of nitrogens with zero attached hydrogens (tertiary/aromatic N) is 1. The van der Waals surface area contributed by atoms with Crippen molar-refractivity contribution in [2.24, 2.45) is 0 Å². The number of oxazole rings is 1. The van der Waals surface area contributed by atoms with Crippen molar-refractivity contribution in [2.45, 2.75) is 71.0 Å². The van der Waals surface area contributed by atoms with E-state index in [1.54, 1.807) is 10.8 Å². The van der Waals surface area contributed by atoms with Gasteiger partial charge in [-0.25, -0.2) is 9.36 Å². The molecule has 0 aliphatic heterocycles. The van der Waals surface area contributed by atoms with Crippen molar-refractivity contribution in [1.82, 2.24) is 4.57 Å². The maximum atomic E-state index is 12.1. The zero-order valence-electron chi connectivity index (χ0n) is 17.0. The summed E-state index contributed by atoms with van der Waals surface area (Å²) >= 11 is 0. The highest BCUT2D eigenvalue weighted by Gasteiger charge is 2.44. The van der Waals surface area contributed by atoms with Crippen LogP contribution in [0.15, 0.2) is 45.7 Å². The first kappa shape index (κ1) is 20.7. The summed E-state index contributed by atoms with van der Waals surface area (Å²) in [5.41, 5.74) is 2.58. The molecule has 0 aliphatic carbocycles. The molecule has 5 heteroatoms. The van der Waals surface area contributed by atoms with Crippen molar-refractivity contribution >= 4 is 8.32 Å². The zero-order chi connectivity index (χ0) is 19.3. The minimum Gasteiger partial charge on any atom is -0.416 e. The van der Waals surface area contributed by atoms with Crippen molar-refractivity contribution in [3.05, 3.63) is 52.8 Å². The molecule has 2 rings (SSSR count). The van der Waals surface area contributed by atoms with Crippen LogP contribution >= 0.6 is 0 Å². The Balaban J connectivity index is 1.99. The van der Waals surface area contributed by atoms with E-state index in [0.29, 0.717) is 28.8 Å². The Morgan fingerprint density at radius 1 is 1.00 bits per heavy atom. The van der Waals surface area contributed by atoms with Crippen LogP contribution in [-0.4, -0.2) is 19.5 Å². The van der Waals surface area contributed by atoms with E-state index in [9.17, 15) is 4.79 Å². The SMILES string of the molecule is CC(C)[Si](OCCCc1cn(-c2ccccc2)c(=O)o1)(C(C)C)C(C)C. The Morgan fingerprint density at radius 3 is 2.12 bits per heavy atom. The number of aryl methyl sites for hydroxylation is 1. The molecule has 26 heavy (non-hydrogen) atoms. The molecule has 0 unspecified atom stereocenters. The second kappa shape index (κ2) is 8.87. The molecule has 1 aromatic carbocycles. The van der Waals surface area contributed by atoms with Gasteiger partial charge in [-0.05, 0) is 35.2 Å². The summed E-state index contributed by atoms with van der Waals surface area (Å²) < 4.78 is 13.5. The molecule has 144 valence electrons. The molecular formula is C21H33NO3Si. The summed E-state index contributed by atoms with van der Waals surface area (Å²) in [6.07, 6.45) is 3.38. The quantitative estimate of drug-likeness (QED) is 0.426. The van der Waals surface area contributed by atoms with Gasteiger partial charge >= 0.3 is 5.76 Å². The Labute approximate surface area is 158 Å². The fourth-order valence-electron chi connectivity index (χ4n) is 4.26. The topological polar surface area (TPSA) is 44.4 Å². The summed E-state index contributed by atoms with van der Waals surface area (Å²) in [6, 6.07) is 9.56. The molecule has 1 heterocycles. The van der Waals surface area contributed by atoms with E-state index < -0.39 is 8.32 Å². The highest BCUT2D eigenvalue weighted by atomic mass is 28.4. The summed E-state index contributed by atoms with van der Waals surface area (Å²) in [5, 5.41) is 0. The van der Waals surface area contributed by atoms with E-state index in [-0.39, 0.29) is 5.76 Å². The van der Waals surface area contributed by atoms with E-state index in [1.807, 2.05) is 30.3 Å². The van der Waals surface area contributed by atoms with Crippen LogP contribution in [0.4, 0.5) is 0 Å². The summed E-state index contributed by atoms with van der Waals surface area (Å²) in [6.45, 7) is 14.5. The third kappa shape index (κ3) is 4.38. The van der Waals surface area contributed by atoms with Crippen molar-refractivity contribution in [3.63, 3.8) is 0 Å². The average Bonchev–Trinajstić information content (AvgIpc) is 2.95. The van der Waals surface area contributed by atoms with Gasteiger partial charge in [-0.1, -0.05) is 59.7 Å². The second-order valence-corrected chi connectivity index (χ2v) is 13.4. The number of benzene rings is 1. The molecule has 2 aromatic rings. The zero-order valence-corrected chi connectivity index (χ0v) is 18.0. The lowest BCUT2D eigenvalue weighted by molar-refractivity contribution is 0.269. The summed E-state index contributed by atoms with van der Waals surface area (Å²) in [5.74, 6) is 0.385. The number of aromatic nitrogens is 1. The number of hydrogen-bond acceptors (Lipinski definition) is 3. The minimum absolute atomic E-state index is 0.331. The van der Waals surface area contributed by atoms with Gasteiger partial charge in [-0.15, -0.1) is 0 Å². The normalized spacial score (nSPS) is 12.5. The number of para-hydroxylation sites is 1. The minimum atomic E-state index is -1.82. The third-order valence-corrected chi connectivity index (χ3v) is 11.5. The lowest BCUT2D eigenvalue weighted by atomic mass is 10.3. The van der Waals surface area contributed by atoms with E-state index in [0.717, 1.165) is 18.7 Å². The molecule has 0 amide bonds. The highest BCUT2D eigenvalue weighted by Crippen LogP contribution is 2.42. The van der Waals surface area contributed by atoms with Crippen LogP contribution in [0.25, 0.3) is 5.69 Å². The molecule has 0 spiro atoms. The van der Waals surface area contributed by atoms with Crippen LogP contribution in [0.3, 0.4) is 0 Å². The van der Waals surface area contributed by atoms with Crippen molar-refractivity contribution < 1.29 is 8.84 Å². The highest BCUT2D eigenvalue weighted by molar-refractivity contribution is 6.77. The first-order chi connectivity index (χ1) is 12.3. The second-order valence-electron chi connectivity index (χ2n) is 7.94. The van der Waals surface area contributed by atoms with E-state index in [1.165, 1.54) is 0 Å². The maximum absolute atomic E-state index is 12.1.